The summed E-state index contributed by atoms with van der Waals surface area (Å²) in [5, 5.41) is 2.61. The van der Waals surface area contributed by atoms with Crippen LogP contribution in [0.1, 0.15) is 24.0 Å². The highest BCUT2D eigenvalue weighted by molar-refractivity contribution is 7.99. The van der Waals surface area contributed by atoms with Gasteiger partial charge < -0.3 is 10.6 Å². The second kappa shape index (κ2) is 8.12. The van der Waals surface area contributed by atoms with Crippen LogP contribution >= 0.6 is 23.1 Å². The second-order valence-electron chi connectivity index (χ2n) is 3.64. The Hall–Kier alpha value is -0.0300. The number of nitrogens with zero attached hydrogens (tertiary/aromatic N) is 1. The van der Waals surface area contributed by atoms with Crippen LogP contribution in [0.25, 0.3) is 0 Å². The summed E-state index contributed by atoms with van der Waals surface area (Å²) in [6.07, 6.45) is 0. The van der Waals surface area contributed by atoms with E-state index in [0.717, 1.165) is 19.6 Å². The fourth-order valence-corrected chi connectivity index (χ4v) is 3.72. The molecule has 0 spiro atoms. The van der Waals surface area contributed by atoms with Crippen LogP contribution in [0.3, 0.4) is 0 Å². The Morgan fingerprint density at radius 1 is 1.44 bits per heavy atom. The van der Waals surface area contributed by atoms with Gasteiger partial charge in [-0.25, -0.2) is 0 Å². The van der Waals surface area contributed by atoms with Crippen LogP contribution in [0.4, 0.5) is 0 Å². The predicted octanol–water partition coefficient (Wildman–Crippen LogP) is 2.82. The smallest absolute Gasteiger partial charge is 0.0513 e. The highest BCUT2D eigenvalue weighted by Gasteiger charge is 2.11. The minimum absolute atomic E-state index is 0.482. The zero-order chi connectivity index (χ0) is 11.8. The van der Waals surface area contributed by atoms with Crippen molar-refractivity contribution in [3.05, 3.63) is 22.4 Å². The summed E-state index contributed by atoms with van der Waals surface area (Å²) in [5.41, 5.74) is 5.82. The molecule has 0 aliphatic rings. The van der Waals surface area contributed by atoms with Gasteiger partial charge in [-0.15, -0.1) is 11.3 Å². The largest absolute Gasteiger partial charge is 0.329 e. The Labute approximate surface area is 107 Å². The average molecular weight is 258 g/mol. The van der Waals surface area contributed by atoms with E-state index in [-0.39, 0.29) is 0 Å². The minimum atomic E-state index is 0.482. The van der Waals surface area contributed by atoms with Crippen molar-refractivity contribution in [1.29, 1.82) is 0 Å². The maximum atomic E-state index is 5.82. The van der Waals surface area contributed by atoms with Crippen molar-refractivity contribution in [1.82, 2.24) is 4.90 Å². The van der Waals surface area contributed by atoms with Crippen LogP contribution in [0.5, 0.6) is 0 Å². The second-order valence-corrected chi connectivity index (χ2v) is 5.93. The molecule has 1 unspecified atom stereocenters. The van der Waals surface area contributed by atoms with Crippen molar-refractivity contribution in [2.45, 2.75) is 19.1 Å². The van der Waals surface area contributed by atoms with Gasteiger partial charge in [-0.2, -0.15) is 11.8 Å². The SMILES string of the molecule is CCN(CC)CCSC(CN)c1cccs1. The summed E-state index contributed by atoms with van der Waals surface area (Å²) in [6.45, 7) is 8.62. The fourth-order valence-electron chi connectivity index (χ4n) is 1.60. The molecule has 1 aromatic rings. The van der Waals surface area contributed by atoms with Gasteiger partial charge in [0.15, 0.2) is 0 Å². The van der Waals surface area contributed by atoms with Gasteiger partial charge in [-0.1, -0.05) is 19.9 Å². The van der Waals surface area contributed by atoms with E-state index in [9.17, 15) is 0 Å². The normalized spacial score (nSPS) is 13.2. The molecule has 92 valence electrons. The quantitative estimate of drug-likeness (QED) is 0.777. The summed E-state index contributed by atoms with van der Waals surface area (Å²) in [7, 11) is 0. The standard InChI is InChI=1S/C12H22N2S2/c1-3-14(4-2)7-9-16-12(10-13)11-6-5-8-15-11/h5-6,8,12H,3-4,7,9-10,13H2,1-2H3. The molecule has 2 nitrogen and oxygen atoms in total. The molecule has 4 heteroatoms. The molecular weight excluding hydrogens is 236 g/mol. The molecule has 1 aromatic heterocycles. The van der Waals surface area contributed by atoms with E-state index in [0.29, 0.717) is 5.25 Å². The Morgan fingerprint density at radius 2 is 2.19 bits per heavy atom. The molecule has 0 aliphatic carbocycles. The van der Waals surface area contributed by atoms with Gasteiger partial charge in [-0.3, -0.25) is 0 Å². The van der Waals surface area contributed by atoms with Crippen molar-refractivity contribution in [2.24, 2.45) is 5.73 Å². The Morgan fingerprint density at radius 3 is 2.69 bits per heavy atom. The number of rotatable bonds is 8. The predicted molar refractivity (Wildman–Crippen MR) is 76.4 cm³/mol. The van der Waals surface area contributed by atoms with Crippen LogP contribution < -0.4 is 5.73 Å². The third-order valence-corrected chi connectivity index (χ3v) is 5.10. The number of thioether (sulfide) groups is 1. The van der Waals surface area contributed by atoms with E-state index in [1.165, 1.54) is 17.2 Å². The van der Waals surface area contributed by atoms with Gasteiger partial charge in [0, 0.05) is 23.7 Å². The summed E-state index contributed by atoms with van der Waals surface area (Å²) in [5.74, 6) is 1.17. The van der Waals surface area contributed by atoms with Gasteiger partial charge in [0.25, 0.3) is 0 Å². The Bertz CT molecular complexity index is 258. The summed E-state index contributed by atoms with van der Waals surface area (Å²) < 4.78 is 0. The molecular formula is C12H22N2S2. The van der Waals surface area contributed by atoms with E-state index in [1.54, 1.807) is 0 Å². The van der Waals surface area contributed by atoms with Crippen molar-refractivity contribution >= 4 is 23.1 Å². The van der Waals surface area contributed by atoms with E-state index < -0.39 is 0 Å². The van der Waals surface area contributed by atoms with Gasteiger partial charge in [0.1, 0.15) is 0 Å². The molecule has 0 fully saturated rings. The first-order valence-electron chi connectivity index (χ1n) is 5.89. The average Bonchev–Trinajstić information content (AvgIpc) is 2.83. The van der Waals surface area contributed by atoms with E-state index in [4.69, 9.17) is 5.73 Å². The lowest BCUT2D eigenvalue weighted by molar-refractivity contribution is 0.324. The van der Waals surface area contributed by atoms with Gasteiger partial charge in [0.2, 0.25) is 0 Å². The molecule has 0 radical (unpaired) electrons. The number of thiophene rings is 1. The third kappa shape index (κ3) is 4.45. The first-order chi connectivity index (χ1) is 7.81. The summed E-state index contributed by atoms with van der Waals surface area (Å²) >= 11 is 3.79. The van der Waals surface area contributed by atoms with E-state index in [2.05, 4.69) is 36.3 Å². The van der Waals surface area contributed by atoms with Gasteiger partial charge >= 0.3 is 0 Å². The number of nitrogens with two attached hydrogens (primary N) is 1. The number of hydrogen-bond donors (Lipinski definition) is 1. The van der Waals surface area contributed by atoms with E-state index >= 15 is 0 Å². The number of hydrogen-bond acceptors (Lipinski definition) is 4. The van der Waals surface area contributed by atoms with Crippen molar-refractivity contribution in [3.63, 3.8) is 0 Å². The van der Waals surface area contributed by atoms with E-state index in [1.807, 2.05) is 23.1 Å². The Kier molecular flexibility index (Phi) is 7.12. The first kappa shape index (κ1) is 14.0. The molecule has 0 aromatic carbocycles. The Balaban J connectivity index is 2.30. The highest BCUT2D eigenvalue weighted by Crippen LogP contribution is 2.30. The zero-order valence-electron chi connectivity index (χ0n) is 10.2. The molecule has 16 heavy (non-hydrogen) atoms. The fraction of sp³-hybridized carbons (Fsp3) is 0.667. The van der Waals surface area contributed by atoms with Crippen molar-refractivity contribution in [2.75, 3.05) is 31.9 Å². The first-order valence-corrected chi connectivity index (χ1v) is 7.82. The molecule has 1 heterocycles. The molecule has 0 aliphatic heterocycles. The molecule has 0 saturated carbocycles. The monoisotopic (exact) mass is 258 g/mol. The van der Waals surface area contributed by atoms with Crippen LogP contribution in [-0.4, -0.2) is 36.8 Å². The maximum Gasteiger partial charge on any atom is 0.0513 e. The third-order valence-electron chi connectivity index (χ3n) is 2.70. The molecule has 0 saturated heterocycles. The minimum Gasteiger partial charge on any atom is -0.329 e. The summed E-state index contributed by atoms with van der Waals surface area (Å²) in [6, 6.07) is 4.29. The maximum absolute atomic E-state index is 5.82. The topological polar surface area (TPSA) is 29.3 Å². The van der Waals surface area contributed by atoms with Crippen LogP contribution in [0.15, 0.2) is 17.5 Å². The summed E-state index contributed by atoms with van der Waals surface area (Å²) in [4.78, 5) is 3.86. The van der Waals surface area contributed by atoms with Crippen molar-refractivity contribution < 1.29 is 0 Å². The lowest BCUT2D eigenvalue weighted by Gasteiger charge is -2.19. The lowest BCUT2D eigenvalue weighted by atomic mass is 10.3. The van der Waals surface area contributed by atoms with Crippen LogP contribution in [0.2, 0.25) is 0 Å². The van der Waals surface area contributed by atoms with Crippen LogP contribution in [-0.2, 0) is 0 Å². The van der Waals surface area contributed by atoms with Gasteiger partial charge in [0.05, 0.1) is 5.25 Å². The lowest BCUT2D eigenvalue weighted by Crippen LogP contribution is -2.25. The van der Waals surface area contributed by atoms with Crippen molar-refractivity contribution in [3.8, 4) is 0 Å². The molecule has 0 amide bonds. The van der Waals surface area contributed by atoms with Crippen LogP contribution in [0, 0.1) is 0 Å². The molecule has 2 N–H and O–H groups in total. The molecule has 1 rings (SSSR count). The molecule has 1 atom stereocenters. The zero-order valence-corrected chi connectivity index (χ0v) is 11.8. The molecule has 0 bridgehead atoms. The highest BCUT2D eigenvalue weighted by atomic mass is 32.2. The van der Waals surface area contributed by atoms with Gasteiger partial charge in [-0.05, 0) is 24.5 Å².